The van der Waals surface area contributed by atoms with E-state index in [4.69, 9.17) is 0 Å². The maximum atomic E-state index is 11.4. The molecule has 0 bridgehead atoms. The molecule has 0 amide bonds. The van der Waals surface area contributed by atoms with Crippen LogP contribution in [0.1, 0.15) is 0 Å². The van der Waals surface area contributed by atoms with Gasteiger partial charge in [0.05, 0.1) is 5.52 Å². The molecule has 3 aromatic rings. The second-order valence-corrected chi connectivity index (χ2v) is 4.21. The Morgan fingerprint density at radius 1 is 1.00 bits per heavy atom. The van der Waals surface area contributed by atoms with Crippen LogP contribution < -0.4 is 5.56 Å². The Kier molecular flexibility index (Phi) is 2.01. The van der Waals surface area contributed by atoms with Crippen LogP contribution in [0.5, 0.6) is 0 Å². The summed E-state index contributed by atoms with van der Waals surface area (Å²) >= 11 is 4.33. The van der Waals surface area contributed by atoms with Crippen LogP contribution >= 0.6 is 12.6 Å². The molecule has 0 aliphatic carbocycles. The Morgan fingerprint density at radius 2 is 1.81 bits per heavy atom. The van der Waals surface area contributed by atoms with Crippen LogP contribution in [-0.2, 0) is 0 Å². The van der Waals surface area contributed by atoms with Crippen LogP contribution in [0.25, 0.3) is 21.7 Å². The number of thiol groups is 1. The van der Waals surface area contributed by atoms with Gasteiger partial charge in [-0.05, 0) is 5.39 Å². The Labute approximate surface area is 97.3 Å². The smallest absolute Gasteiger partial charge is 0.249 e. The fourth-order valence-electron chi connectivity index (χ4n) is 1.98. The molecule has 3 heteroatoms. The number of pyridine rings is 1. The third-order valence-electron chi connectivity index (χ3n) is 2.72. The monoisotopic (exact) mass is 227 g/mol. The van der Waals surface area contributed by atoms with E-state index in [9.17, 15) is 4.79 Å². The largest absolute Gasteiger partial charge is 0.321 e. The first-order valence-corrected chi connectivity index (χ1v) is 5.44. The topological polar surface area (TPSA) is 32.9 Å². The molecular weight excluding hydrogens is 218 g/mol. The minimum atomic E-state index is -0.117. The van der Waals surface area contributed by atoms with Crippen molar-refractivity contribution in [1.29, 1.82) is 0 Å². The average Bonchev–Trinajstić information content (AvgIpc) is 2.28. The lowest BCUT2D eigenvalue weighted by Gasteiger charge is -2.04. The summed E-state index contributed by atoms with van der Waals surface area (Å²) in [5.74, 6) is 0. The van der Waals surface area contributed by atoms with E-state index in [-0.39, 0.29) is 5.56 Å². The highest BCUT2D eigenvalue weighted by atomic mass is 32.1. The van der Waals surface area contributed by atoms with Gasteiger partial charge in [-0.25, -0.2) is 0 Å². The lowest BCUT2D eigenvalue weighted by atomic mass is 10.1. The predicted molar refractivity (Wildman–Crippen MR) is 69.3 cm³/mol. The molecule has 78 valence electrons. The zero-order valence-corrected chi connectivity index (χ0v) is 9.29. The minimum Gasteiger partial charge on any atom is -0.321 e. The van der Waals surface area contributed by atoms with Crippen molar-refractivity contribution in [2.24, 2.45) is 0 Å². The van der Waals surface area contributed by atoms with Crippen molar-refractivity contribution in [3.05, 3.63) is 52.8 Å². The summed E-state index contributed by atoms with van der Waals surface area (Å²) in [6.07, 6.45) is 0. The van der Waals surface area contributed by atoms with Crippen LogP contribution in [0.2, 0.25) is 0 Å². The molecule has 1 heterocycles. The molecule has 2 nitrogen and oxygen atoms in total. The molecule has 0 aliphatic rings. The highest BCUT2D eigenvalue weighted by molar-refractivity contribution is 7.80. The summed E-state index contributed by atoms with van der Waals surface area (Å²) in [6.45, 7) is 0. The fraction of sp³-hybridized carbons (Fsp3) is 0. The number of aromatic nitrogens is 1. The molecule has 16 heavy (non-hydrogen) atoms. The molecule has 3 rings (SSSR count). The molecule has 0 saturated carbocycles. The zero-order chi connectivity index (χ0) is 11.1. The Balaban J connectivity index is 2.65. The van der Waals surface area contributed by atoms with Crippen molar-refractivity contribution in [1.82, 2.24) is 4.98 Å². The van der Waals surface area contributed by atoms with Crippen molar-refractivity contribution in [2.75, 3.05) is 0 Å². The van der Waals surface area contributed by atoms with E-state index in [1.807, 2.05) is 36.4 Å². The van der Waals surface area contributed by atoms with Gasteiger partial charge in [-0.3, -0.25) is 4.79 Å². The molecule has 0 atom stereocenters. The van der Waals surface area contributed by atoms with Crippen LogP contribution in [0.3, 0.4) is 0 Å². The number of rotatable bonds is 0. The number of hydrogen-bond donors (Lipinski definition) is 2. The minimum absolute atomic E-state index is 0.117. The summed E-state index contributed by atoms with van der Waals surface area (Å²) in [7, 11) is 0. The van der Waals surface area contributed by atoms with E-state index < -0.39 is 0 Å². The zero-order valence-electron chi connectivity index (χ0n) is 8.40. The predicted octanol–water partition coefficient (Wildman–Crippen LogP) is 2.97. The first kappa shape index (κ1) is 9.48. The SMILES string of the molecule is O=c1cc(S)c2ccc3ccccc3c2[nH]1. The number of nitrogens with one attached hydrogen (secondary N) is 1. The van der Waals surface area contributed by atoms with Crippen molar-refractivity contribution in [3.8, 4) is 0 Å². The Bertz CT molecular complexity index is 746. The Hall–Kier alpha value is -1.74. The summed E-state index contributed by atoms with van der Waals surface area (Å²) < 4.78 is 0. The molecule has 0 fully saturated rings. The van der Waals surface area contributed by atoms with Gasteiger partial charge in [-0.1, -0.05) is 36.4 Å². The van der Waals surface area contributed by atoms with Gasteiger partial charge >= 0.3 is 0 Å². The van der Waals surface area contributed by atoms with Crippen LogP contribution in [0.4, 0.5) is 0 Å². The van der Waals surface area contributed by atoms with Crippen molar-refractivity contribution in [2.45, 2.75) is 4.90 Å². The second kappa shape index (κ2) is 3.39. The van der Waals surface area contributed by atoms with Crippen LogP contribution in [0.15, 0.2) is 52.2 Å². The van der Waals surface area contributed by atoms with Gasteiger partial charge in [-0.15, -0.1) is 12.6 Å². The van der Waals surface area contributed by atoms with Gasteiger partial charge in [0, 0.05) is 21.7 Å². The number of aromatic amines is 1. The lowest BCUT2D eigenvalue weighted by molar-refractivity contribution is 1.27. The summed E-state index contributed by atoms with van der Waals surface area (Å²) in [6, 6.07) is 13.5. The van der Waals surface area contributed by atoms with E-state index in [0.29, 0.717) is 4.90 Å². The molecule has 0 spiro atoms. The van der Waals surface area contributed by atoms with Crippen LogP contribution in [0, 0.1) is 0 Å². The molecule has 2 aromatic carbocycles. The van der Waals surface area contributed by atoms with Gasteiger partial charge in [-0.2, -0.15) is 0 Å². The normalized spacial score (nSPS) is 11.1. The molecule has 0 unspecified atom stereocenters. The number of fused-ring (bicyclic) bond motifs is 3. The standard InChI is InChI=1S/C13H9NOS/c15-12-7-11(16)10-6-5-8-3-1-2-4-9(8)13(10)14-12/h1-7H,(H2,14,15,16). The molecule has 1 N–H and O–H groups in total. The molecule has 0 saturated heterocycles. The third-order valence-corrected chi connectivity index (χ3v) is 3.09. The Morgan fingerprint density at radius 3 is 2.69 bits per heavy atom. The average molecular weight is 227 g/mol. The van der Waals surface area contributed by atoms with Gasteiger partial charge < -0.3 is 4.98 Å². The van der Waals surface area contributed by atoms with Crippen LogP contribution in [-0.4, -0.2) is 4.98 Å². The molecule has 0 radical (unpaired) electrons. The second-order valence-electron chi connectivity index (χ2n) is 3.73. The van der Waals surface area contributed by atoms with Gasteiger partial charge in [0.2, 0.25) is 5.56 Å². The quantitative estimate of drug-likeness (QED) is 0.449. The van der Waals surface area contributed by atoms with Crippen molar-refractivity contribution in [3.63, 3.8) is 0 Å². The van der Waals surface area contributed by atoms with E-state index in [2.05, 4.69) is 17.6 Å². The highest BCUT2D eigenvalue weighted by Crippen LogP contribution is 2.26. The lowest BCUT2D eigenvalue weighted by Crippen LogP contribution is -2.03. The van der Waals surface area contributed by atoms with E-state index in [1.54, 1.807) is 0 Å². The molecule has 1 aromatic heterocycles. The fourth-order valence-corrected chi connectivity index (χ4v) is 2.28. The van der Waals surface area contributed by atoms with Crippen molar-refractivity contribution < 1.29 is 0 Å². The van der Waals surface area contributed by atoms with E-state index in [1.165, 1.54) is 6.07 Å². The maximum absolute atomic E-state index is 11.4. The number of H-pyrrole nitrogens is 1. The first-order valence-electron chi connectivity index (χ1n) is 4.99. The number of hydrogen-bond acceptors (Lipinski definition) is 2. The van der Waals surface area contributed by atoms with Gasteiger partial charge in [0.1, 0.15) is 0 Å². The summed E-state index contributed by atoms with van der Waals surface area (Å²) in [4.78, 5) is 15.0. The number of benzene rings is 2. The van der Waals surface area contributed by atoms with E-state index >= 15 is 0 Å². The highest BCUT2D eigenvalue weighted by Gasteiger charge is 2.03. The first-order chi connectivity index (χ1) is 7.75. The van der Waals surface area contributed by atoms with Gasteiger partial charge in [0.25, 0.3) is 0 Å². The third kappa shape index (κ3) is 1.32. The summed E-state index contributed by atoms with van der Waals surface area (Å²) in [5, 5.41) is 3.14. The maximum Gasteiger partial charge on any atom is 0.249 e. The van der Waals surface area contributed by atoms with Gasteiger partial charge in [0.15, 0.2) is 0 Å². The molecular formula is C13H9NOS. The summed E-state index contributed by atoms with van der Waals surface area (Å²) in [5.41, 5.74) is 0.740. The van der Waals surface area contributed by atoms with Crippen molar-refractivity contribution >= 4 is 34.3 Å². The van der Waals surface area contributed by atoms with E-state index in [0.717, 1.165) is 21.7 Å². The molecule has 0 aliphatic heterocycles.